The van der Waals surface area contributed by atoms with Gasteiger partial charge in [0.15, 0.2) is 16.8 Å². The first-order valence-electron chi connectivity index (χ1n) is 11.6. The number of ether oxygens (including phenoxy) is 1. The molecule has 12 heteroatoms. The minimum atomic E-state index is -1.13. The van der Waals surface area contributed by atoms with Crippen LogP contribution in [-0.2, 0) is 16.1 Å². The number of hydrogen-bond acceptors (Lipinski definition) is 8. The van der Waals surface area contributed by atoms with Gasteiger partial charge in [0.05, 0.1) is 0 Å². The highest BCUT2D eigenvalue weighted by atomic mass is 32.1. The zero-order valence-electron chi connectivity index (χ0n) is 20.6. The van der Waals surface area contributed by atoms with Crippen LogP contribution in [0, 0.1) is 11.6 Å². The second-order valence-corrected chi connectivity index (χ2v) is 9.33. The fourth-order valence-corrected chi connectivity index (χ4v) is 4.61. The van der Waals surface area contributed by atoms with Gasteiger partial charge in [-0.25, -0.2) is 18.6 Å². The van der Waals surface area contributed by atoms with Crippen LogP contribution in [0.15, 0.2) is 72.8 Å². The lowest BCUT2D eigenvalue weighted by molar-refractivity contribution is -0.118. The number of nitrogens with zero attached hydrogens (tertiary/aromatic N) is 2. The molecule has 1 unspecified atom stereocenters. The Kier molecular flexibility index (Phi) is 8.15. The highest BCUT2D eigenvalue weighted by Gasteiger charge is 2.28. The number of anilines is 4. The lowest BCUT2D eigenvalue weighted by Crippen LogP contribution is -2.40. The summed E-state index contributed by atoms with van der Waals surface area (Å²) in [5, 5.41) is 2.67. The van der Waals surface area contributed by atoms with Crippen molar-refractivity contribution in [1.82, 2.24) is 4.98 Å². The molecule has 0 bridgehead atoms. The molecule has 0 aliphatic heterocycles. The number of primary amides is 1. The van der Waals surface area contributed by atoms with E-state index in [2.05, 4.69) is 10.3 Å². The topological polar surface area (TPSA) is 141 Å². The number of carbonyl (C=O) groups excluding carboxylic acids is 3. The van der Waals surface area contributed by atoms with Crippen LogP contribution in [0.5, 0.6) is 0 Å². The summed E-state index contributed by atoms with van der Waals surface area (Å²) < 4.78 is 32.6. The molecule has 4 rings (SSSR count). The van der Waals surface area contributed by atoms with Crippen LogP contribution in [0.2, 0.25) is 0 Å². The number of nitrogens with one attached hydrogen (secondary N) is 1. The number of hydrogen-bond donors (Lipinski definition) is 3. The van der Waals surface area contributed by atoms with Crippen molar-refractivity contribution in [3.63, 3.8) is 0 Å². The van der Waals surface area contributed by atoms with E-state index in [1.165, 1.54) is 42.2 Å². The first kappa shape index (κ1) is 27.2. The van der Waals surface area contributed by atoms with Crippen molar-refractivity contribution in [2.24, 2.45) is 5.73 Å². The molecule has 4 aromatic rings. The number of amides is 2. The third-order valence-corrected chi connectivity index (χ3v) is 6.71. The predicted octanol–water partition coefficient (Wildman–Crippen LogP) is 5.00. The van der Waals surface area contributed by atoms with Gasteiger partial charge in [-0.2, -0.15) is 0 Å². The Hall–Kier alpha value is -4.84. The maximum Gasteiger partial charge on any atom is 0.411 e. The maximum absolute atomic E-state index is 13.9. The molecule has 0 saturated carbocycles. The molecule has 0 aliphatic rings. The first-order chi connectivity index (χ1) is 18.6. The second kappa shape index (κ2) is 11.7. The van der Waals surface area contributed by atoms with E-state index >= 15 is 0 Å². The van der Waals surface area contributed by atoms with Crippen LogP contribution in [-0.4, -0.2) is 28.8 Å². The van der Waals surface area contributed by atoms with Crippen LogP contribution in [0.4, 0.5) is 35.9 Å². The van der Waals surface area contributed by atoms with Crippen molar-refractivity contribution < 1.29 is 27.9 Å². The molecule has 9 nitrogen and oxygen atoms in total. The molecular formula is C27H23F2N5O4S. The fourth-order valence-electron chi connectivity index (χ4n) is 3.56. The molecule has 1 heterocycles. The molecule has 0 aliphatic carbocycles. The summed E-state index contributed by atoms with van der Waals surface area (Å²) in [6, 6.07) is 17.3. The van der Waals surface area contributed by atoms with E-state index in [-0.39, 0.29) is 33.7 Å². The maximum atomic E-state index is 13.9. The monoisotopic (exact) mass is 551 g/mol. The average Bonchev–Trinajstić information content (AvgIpc) is 3.30. The zero-order chi connectivity index (χ0) is 28.1. The fraction of sp³-hybridized carbons (Fsp3) is 0.111. The Morgan fingerprint density at radius 3 is 2.36 bits per heavy atom. The van der Waals surface area contributed by atoms with Gasteiger partial charge in [0.25, 0.3) is 0 Å². The minimum absolute atomic E-state index is 0.0669. The van der Waals surface area contributed by atoms with Crippen molar-refractivity contribution in [3.05, 3.63) is 100 Å². The van der Waals surface area contributed by atoms with E-state index in [0.717, 1.165) is 29.0 Å². The smallest absolute Gasteiger partial charge is 0.411 e. The molecule has 0 radical (unpaired) electrons. The quantitative estimate of drug-likeness (QED) is 0.249. The second-order valence-electron chi connectivity index (χ2n) is 8.35. The summed E-state index contributed by atoms with van der Waals surface area (Å²) in [5.41, 5.74) is 13.1. The zero-order valence-corrected chi connectivity index (χ0v) is 21.4. The molecule has 39 heavy (non-hydrogen) atoms. The van der Waals surface area contributed by atoms with Crippen molar-refractivity contribution in [1.29, 1.82) is 0 Å². The molecule has 5 N–H and O–H groups in total. The largest absolute Gasteiger partial charge is 0.444 e. The third kappa shape index (κ3) is 6.36. The predicted molar refractivity (Wildman–Crippen MR) is 144 cm³/mol. The summed E-state index contributed by atoms with van der Waals surface area (Å²) in [5.74, 6) is -3.54. The number of halogens is 2. The minimum Gasteiger partial charge on any atom is -0.444 e. The van der Waals surface area contributed by atoms with Gasteiger partial charge in [-0.05, 0) is 48.9 Å². The Labute approximate surface area is 226 Å². The summed E-state index contributed by atoms with van der Waals surface area (Å²) in [6.07, 6.45) is -0.657. The van der Waals surface area contributed by atoms with E-state index in [4.69, 9.17) is 16.2 Å². The van der Waals surface area contributed by atoms with E-state index in [9.17, 15) is 23.2 Å². The van der Waals surface area contributed by atoms with Crippen LogP contribution in [0.25, 0.3) is 0 Å². The van der Waals surface area contributed by atoms with E-state index in [0.29, 0.717) is 5.69 Å². The van der Waals surface area contributed by atoms with Crippen LogP contribution in [0.1, 0.15) is 27.7 Å². The van der Waals surface area contributed by atoms with E-state index < -0.39 is 35.5 Å². The summed E-state index contributed by atoms with van der Waals surface area (Å²) >= 11 is 0.867. The number of nitrogen functional groups attached to an aromatic ring is 1. The lowest BCUT2D eigenvalue weighted by Gasteiger charge is -2.26. The molecule has 2 amide bonds. The number of nitrogens with two attached hydrogens (primary N) is 2. The number of rotatable bonds is 9. The average molecular weight is 552 g/mol. The van der Waals surface area contributed by atoms with Crippen molar-refractivity contribution in [2.45, 2.75) is 19.6 Å². The molecule has 1 aromatic heterocycles. The Morgan fingerprint density at radius 1 is 1.03 bits per heavy atom. The van der Waals surface area contributed by atoms with Gasteiger partial charge >= 0.3 is 6.09 Å². The van der Waals surface area contributed by atoms with Gasteiger partial charge in [0, 0.05) is 23.0 Å². The van der Waals surface area contributed by atoms with Gasteiger partial charge < -0.3 is 21.1 Å². The van der Waals surface area contributed by atoms with Gasteiger partial charge in [-0.1, -0.05) is 41.7 Å². The number of aromatic nitrogens is 1. The first-order valence-corrected chi connectivity index (χ1v) is 12.4. The molecule has 200 valence electrons. The van der Waals surface area contributed by atoms with Crippen LogP contribution in [0.3, 0.4) is 0 Å². The molecule has 0 spiro atoms. The van der Waals surface area contributed by atoms with Gasteiger partial charge in [-0.15, -0.1) is 0 Å². The Morgan fingerprint density at radius 2 is 1.72 bits per heavy atom. The summed E-state index contributed by atoms with van der Waals surface area (Å²) in [6.45, 7) is 1.56. The highest BCUT2D eigenvalue weighted by molar-refractivity contribution is 7.18. The summed E-state index contributed by atoms with van der Waals surface area (Å²) in [4.78, 5) is 42.8. The molecular weight excluding hydrogens is 528 g/mol. The van der Waals surface area contributed by atoms with Gasteiger partial charge in [-0.3, -0.25) is 14.9 Å². The molecule has 0 saturated heterocycles. The number of thiazole rings is 1. The van der Waals surface area contributed by atoms with Crippen LogP contribution < -0.4 is 21.7 Å². The lowest BCUT2D eigenvalue weighted by atomic mass is 10.1. The van der Waals surface area contributed by atoms with Gasteiger partial charge in [0.1, 0.15) is 23.3 Å². The molecule has 0 fully saturated rings. The Balaban J connectivity index is 1.50. The summed E-state index contributed by atoms with van der Waals surface area (Å²) in [7, 11) is 0. The van der Waals surface area contributed by atoms with Gasteiger partial charge in [0.2, 0.25) is 11.7 Å². The van der Waals surface area contributed by atoms with E-state index in [1.807, 2.05) is 30.3 Å². The van der Waals surface area contributed by atoms with Crippen molar-refractivity contribution in [3.8, 4) is 0 Å². The number of benzene rings is 3. The number of carbonyl (C=O) groups is 3. The van der Waals surface area contributed by atoms with Crippen molar-refractivity contribution in [2.75, 3.05) is 16.0 Å². The molecule has 1 atom stereocenters. The molecule has 3 aromatic carbocycles. The van der Waals surface area contributed by atoms with Crippen molar-refractivity contribution >= 4 is 51.4 Å². The van der Waals surface area contributed by atoms with Crippen LogP contribution >= 0.6 is 11.3 Å². The SMILES string of the molecule is CC(C(N)=O)N(c1ccc(F)c(F)c1)c1nc(N)c(C(=O)c2ccc(NC(=O)OCc3ccccc3)cc2)s1. The standard InChI is InChI=1S/C27H23F2N5O4S/c1-15(25(31)36)34(19-11-12-20(28)21(29)13-19)26-33-24(30)23(39-26)22(35)17-7-9-18(10-8-17)32-27(37)38-14-16-5-3-2-4-6-16/h2-13,15H,14,30H2,1H3,(H2,31,36)(H,32,37). The Bertz CT molecular complexity index is 1510. The number of ketones is 1. The highest BCUT2D eigenvalue weighted by Crippen LogP contribution is 2.36. The van der Waals surface area contributed by atoms with E-state index in [1.54, 1.807) is 0 Å². The normalized spacial score (nSPS) is 11.5. The third-order valence-electron chi connectivity index (χ3n) is 5.64.